The van der Waals surface area contributed by atoms with Crippen LogP contribution in [-0.4, -0.2) is 17.7 Å². The Kier molecular flexibility index (Phi) is 4.18. The third kappa shape index (κ3) is 2.68. The van der Waals surface area contributed by atoms with E-state index in [1.54, 1.807) is 0 Å². The van der Waals surface area contributed by atoms with E-state index in [9.17, 15) is 0 Å². The van der Waals surface area contributed by atoms with Gasteiger partial charge in [0.2, 0.25) is 0 Å². The lowest BCUT2D eigenvalue weighted by atomic mass is 10.1. The van der Waals surface area contributed by atoms with Crippen LogP contribution in [0.3, 0.4) is 0 Å². The van der Waals surface area contributed by atoms with E-state index in [4.69, 9.17) is 4.74 Å². The summed E-state index contributed by atoms with van der Waals surface area (Å²) in [5, 5.41) is 4.68. The topological polar surface area (TPSA) is 26.2 Å². The maximum Gasteiger partial charge on any atom is 0.122 e. The normalized spacial score (nSPS) is 11.2. The Morgan fingerprint density at radius 1 is 1.24 bits per heavy atom. The first-order chi connectivity index (χ1) is 8.36. The summed E-state index contributed by atoms with van der Waals surface area (Å²) in [6, 6.07) is 8.60. The van der Waals surface area contributed by atoms with Crippen molar-refractivity contribution in [3.63, 3.8) is 0 Å². The molecule has 0 bridgehead atoms. The molecule has 0 amide bonds. The van der Waals surface area contributed by atoms with Gasteiger partial charge in [0.05, 0.1) is 5.52 Å². The van der Waals surface area contributed by atoms with Crippen molar-refractivity contribution in [2.24, 2.45) is 0 Å². The van der Waals surface area contributed by atoms with E-state index in [-0.39, 0.29) is 0 Å². The van der Waals surface area contributed by atoms with Crippen LogP contribution in [0.25, 0.3) is 10.9 Å². The summed E-state index contributed by atoms with van der Waals surface area (Å²) in [6.07, 6.45) is 2.09. The fourth-order valence-corrected chi connectivity index (χ4v) is 2.00. The van der Waals surface area contributed by atoms with Crippen molar-refractivity contribution in [1.29, 1.82) is 0 Å². The van der Waals surface area contributed by atoms with E-state index in [1.165, 1.54) is 16.5 Å². The van der Waals surface area contributed by atoms with Gasteiger partial charge >= 0.3 is 0 Å². The van der Waals surface area contributed by atoms with Gasteiger partial charge in [-0.25, -0.2) is 0 Å². The first-order valence-electron chi connectivity index (χ1n) is 6.22. The van der Waals surface area contributed by atoms with Crippen molar-refractivity contribution >= 4 is 10.9 Å². The summed E-state index contributed by atoms with van der Waals surface area (Å²) in [5.41, 5.74) is 2.59. The highest BCUT2D eigenvalue weighted by molar-refractivity contribution is 5.83. The Morgan fingerprint density at radius 3 is 2.88 bits per heavy atom. The summed E-state index contributed by atoms with van der Waals surface area (Å²) in [7, 11) is 0. The lowest BCUT2D eigenvalue weighted by Gasteiger charge is -2.07. The molecular formula is C14H20N2O. The molecule has 1 aromatic carbocycles. The van der Waals surface area contributed by atoms with Crippen LogP contribution >= 0.6 is 0 Å². The molecule has 0 unspecified atom stereocenters. The van der Waals surface area contributed by atoms with E-state index in [0.29, 0.717) is 6.73 Å². The van der Waals surface area contributed by atoms with Crippen LogP contribution in [-0.2, 0) is 18.0 Å². The van der Waals surface area contributed by atoms with E-state index >= 15 is 0 Å². The smallest absolute Gasteiger partial charge is 0.122 e. The molecule has 0 radical (unpaired) electrons. The zero-order chi connectivity index (χ0) is 12.1. The zero-order valence-corrected chi connectivity index (χ0v) is 10.6. The van der Waals surface area contributed by atoms with Crippen molar-refractivity contribution in [2.75, 3.05) is 13.2 Å². The van der Waals surface area contributed by atoms with Gasteiger partial charge in [0, 0.05) is 24.7 Å². The second-order valence-corrected chi connectivity index (χ2v) is 4.04. The lowest BCUT2D eigenvalue weighted by molar-refractivity contribution is 0.0909. The second kappa shape index (κ2) is 5.84. The SMILES string of the molecule is CCNCc1cccc2c1ccn2COCC. The fourth-order valence-electron chi connectivity index (χ4n) is 2.00. The number of hydrogen-bond acceptors (Lipinski definition) is 2. The van der Waals surface area contributed by atoms with Crippen LogP contribution in [0.4, 0.5) is 0 Å². The molecule has 1 N–H and O–H groups in total. The van der Waals surface area contributed by atoms with E-state index in [1.807, 2.05) is 6.92 Å². The predicted octanol–water partition coefficient (Wildman–Crippen LogP) is 2.74. The molecule has 1 heterocycles. The summed E-state index contributed by atoms with van der Waals surface area (Å²) in [4.78, 5) is 0. The fraction of sp³-hybridized carbons (Fsp3) is 0.429. The minimum Gasteiger partial charge on any atom is -0.361 e. The molecule has 0 aliphatic rings. The van der Waals surface area contributed by atoms with Gasteiger partial charge < -0.3 is 14.6 Å². The molecule has 0 atom stereocenters. The van der Waals surface area contributed by atoms with Crippen molar-refractivity contribution in [1.82, 2.24) is 9.88 Å². The van der Waals surface area contributed by atoms with Gasteiger partial charge in [-0.15, -0.1) is 0 Å². The Balaban J connectivity index is 2.28. The number of fused-ring (bicyclic) bond motifs is 1. The Hall–Kier alpha value is -1.32. The van der Waals surface area contributed by atoms with Gasteiger partial charge in [-0.3, -0.25) is 0 Å². The monoisotopic (exact) mass is 232 g/mol. The number of nitrogens with one attached hydrogen (secondary N) is 1. The Morgan fingerprint density at radius 2 is 2.12 bits per heavy atom. The molecule has 1 aromatic heterocycles. The highest BCUT2D eigenvalue weighted by atomic mass is 16.5. The average molecular weight is 232 g/mol. The molecule has 92 valence electrons. The molecule has 0 aliphatic heterocycles. The molecule has 3 nitrogen and oxygen atoms in total. The lowest BCUT2D eigenvalue weighted by Crippen LogP contribution is -2.11. The van der Waals surface area contributed by atoms with Crippen molar-refractivity contribution in [3.8, 4) is 0 Å². The number of ether oxygens (including phenoxy) is 1. The third-order valence-corrected chi connectivity index (χ3v) is 2.90. The van der Waals surface area contributed by atoms with Crippen LogP contribution in [0.5, 0.6) is 0 Å². The van der Waals surface area contributed by atoms with E-state index in [2.05, 4.69) is 47.3 Å². The van der Waals surface area contributed by atoms with Crippen molar-refractivity contribution in [2.45, 2.75) is 27.1 Å². The number of aromatic nitrogens is 1. The first kappa shape index (κ1) is 12.1. The van der Waals surface area contributed by atoms with Crippen LogP contribution in [0.1, 0.15) is 19.4 Å². The first-order valence-corrected chi connectivity index (χ1v) is 6.22. The third-order valence-electron chi connectivity index (χ3n) is 2.90. The molecule has 0 saturated heterocycles. The Bertz CT molecular complexity index is 476. The van der Waals surface area contributed by atoms with Crippen LogP contribution in [0, 0.1) is 0 Å². The van der Waals surface area contributed by atoms with Gasteiger partial charge in [0.15, 0.2) is 0 Å². The number of hydrogen-bond donors (Lipinski definition) is 1. The predicted molar refractivity (Wildman–Crippen MR) is 70.9 cm³/mol. The summed E-state index contributed by atoms with van der Waals surface area (Å²) >= 11 is 0. The molecule has 0 fully saturated rings. The number of benzene rings is 1. The highest BCUT2D eigenvalue weighted by Crippen LogP contribution is 2.20. The molecule has 2 aromatic rings. The van der Waals surface area contributed by atoms with Crippen LogP contribution < -0.4 is 5.32 Å². The molecule has 0 spiro atoms. The highest BCUT2D eigenvalue weighted by Gasteiger charge is 2.04. The van der Waals surface area contributed by atoms with E-state index < -0.39 is 0 Å². The molecular weight excluding hydrogens is 212 g/mol. The molecule has 0 saturated carbocycles. The number of rotatable bonds is 6. The van der Waals surface area contributed by atoms with E-state index in [0.717, 1.165) is 19.7 Å². The minimum absolute atomic E-state index is 0.630. The zero-order valence-electron chi connectivity index (χ0n) is 10.6. The summed E-state index contributed by atoms with van der Waals surface area (Å²) in [6.45, 7) is 7.44. The van der Waals surface area contributed by atoms with Crippen molar-refractivity contribution in [3.05, 3.63) is 36.0 Å². The quantitative estimate of drug-likeness (QED) is 0.828. The van der Waals surface area contributed by atoms with Gasteiger partial charge in [0.25, 0.3) is 0 Å². The molecule has 3 heteroatoms. The van der Waals surface area contributed by atoms with Crippen molar-refractivity contribution < 1.29 is 4.74 Å². The maximum absolute atomic E-state index is 5.45. The maximum atomic E-state index is 5.45. The average Bonchev–Trinajstić information content (AvgIpc) is 2.77. The molecule has 2 rings (SSSR count). The van der Waals surface area contributed by atoms with Gasteiger partial charge in [-0.05, 0) is 31.2 Å². The van der Waals surface area contributed by atoms with Crippen LogP contribution in [0.2, 0.25) is 0 Å². The largest absolute Gasteiger partial charge is 0.361 e. The summed E-state index contributed by atoms with van der Waals surface area (Å²) < 4.78 is 7.60. The molecule has 0 aliphatic carbocycles. The van der Waals surface area contributed by atoms with Gasteiger partial charge in [0.1, 0.15) is 6.73 Å². The standard InChI is InChI=1S/C14H20N2O/c1-3-15-10-12-6-5-7-14-13(12)8-9-16(14)11-17-4-2/h5-9,15H,3-4,10-11H2,1-2H3. The minimum atomic E-state index is 0.630. The number of nitrogens with zero attached hydrogens (tertiary/aromatic N) is 1. The van der Waals surface area contributed by atoms with Gasteiger partial charge in [-0.2, -0.15) is 0 Å². The summed E-state index contributed by atoms with van der Waals surface area (Å²) in [5.74, 6) is 0. The van der Waals surface area contributed by atoms with Gasteiger partial charge in [-0.1, -0.05) is 19.1 Å². The Labute approximate surface area is 102 Å². The van der Waals surface area contributed by atoms with Crippen LogP contribution in [0.15, 0.2) is 30.5 Å². The molecule has 17 heavy (non-hydrogen) atoms. The second-order valence-electron chi connectivity index (χ2n) is 4.04.